The third kappa shape index (κ3) is 6.47. The number of ether oxygens (including phenoxy) is 2. The summed E-state index contributed by atoms with van der Waals surface area (Å²) >= 11 is 1.88. The standard InChI is InChI=1S/C16H27N3O2S/c1-17-16(18-9-5-6-10-22-4)19-12-13-7-8-14(20-2)11-15(13)21-3/h7-8,11H,5-6,9-10,12H2,1-4H3,(H2,17,18,19). The van der Waals surface area contributed by atoms with Crippen LogP contribution in [0.25, 0.3) is 0 Å². The van der Waals surface area contributed by atoms with Gasteiger partial charge in [0.1, 0.15) is 11.5 Å². The Bertz CT molecular complexity index is 467. The smallest absolute Gasteiger partial charge is 0.191 e. The lowest BCUT2D eigenvalue weighted by atomic mass is 10.2. The molecule has 2 N–H and O–H groups in total. The van der Waals surface area contributed by atoms with Gasteiger partial charge in [-0.2, -0.15) is 11.8 Å². The van der Waals surface area contributed by atoms with Crippen LogP contribution in [0.1, 0.15) is 18.4 Å². The summed E-state index contributed by atoms with van der Waals surface area (Å²) in [7, 11) is 5.09. The zero-order valence-electron chi connectivity index (χ0n) is 13.9. The Kier molecular flexibility index (Phi) is 9.30. The molecule has 1 aromatic rings. The molecule has 124 valence electrons. The molecule has 0 atom stereocenters. The van der Waals surface area contributed by atoms with E-state index in [1.165, 1.54) is 12.2 Å². The number of hydrogen-bond donors (Lipinski definition) is 2. The first kappa shape index (κ1) is 18.5. The van der Waals surface area contributed by atoms with Crippen LogP contribution in [0.3, 0.4) is 0 Å². The van der Waals surface area contributed by atoms with Crippen molar-refractivity contribution in [1.82, 2.24) is 10.6 Å². The molecule has 0 aromatic heterocycles. The van der Waals surface area contributed by atoms with Crippen LogP contribution in [0.5, 0.6) is 11.5 Å². The van der Waals surface area contributed by atoms with Gasteiger partial charge in [-0.25, -0.2) is 0 Å². The third-order valence-corrected chi connectivity index (χ3v) is 3.93. The molecule has 1 aromatic carbocycles. The lowest BCUT2D eigenvalue weighted by molar-refractivity contribution is 0.390. The first-order valence-electron chi connectivity index (χ1n) is 7.39. The largest absolute Gasteiger partial charge is 0.497 e. The van der Waals surface area contributed by atoms with Crippen molar-refractivity contribution in [3.8, 4) is 11.5 Å². The molecule has 0 amide bonds. The third-order valence-electron chi connectivity index (χ3n) is 3.23. The lowest BCUT2D eigenvalue weighted by Crippen LogP contribution is -2.37. The van der Waals surface area contributed by atoms with E-state index in [0.29, 0.717) is 6.54 Å². The van der Waals surface area contributed by atoms with E-state index < -0.39 is 0 Å². The van der Waals surface area contributed by atoms with Crippen molar-refractivity contribution < 1.29 is 9.47 Å². The van der Waals surface area contributed by atoms with Crippen LogP contribution in [0, 0.1) is 0 Å². The van der Waals surface area contributed by atoms with Crippen LogP contribution in [-0.4, -0.2) is 45.8 Å². The minimum Gasteiger partial charge on any atom is -0.497 e. The summed E-state index contributed by atoms with van der Waals surface area (Å²) in [6.07, 6.45) is 4.50. The first-order valence-corrected chi connectivity index (χ1v) is 8.79. The van der Waals surface area contributed by atoms with Crippen LogP contribution in [0.2, 0.25) is 0 Å². The number of thioether (sulfide) groups is 1. The molecule has 0 aliphatic rings. The number of nitrogens with one attached hydrogen (secondary N) is 2. The van der Waals surface area contributed by atoms with Gasteiger partial charge in [0.25, 0.3) is 0 Å². The summed E-state index contributed by atoms with van der Waals surface area (Å²) in [5, 5.41) is 6.62. The number of nitrogens with zero attached hydrogens (tertiary/aromatic N) is 1. The maximum atomic E-state index is 5.40. The van der Waals surface area contributed by atoms with Crippen molar-refractivity contribution in [2.75, 3.05) is 39.8 Å². The minimum atomic E-state index is 0.650. The van der Waals surface area contributed by atoms with E-state index in [4.69, 9.17) is 9.47 Å². The molecule has 5 nitrogen and oxygen atoms in total. The Morgan fingerprint density at radius 2 is 2.00 bits per heavy atom. The predicted octanol–water partition coefficient (Wildman–Crippen LogP) is 2.51. The number of benzene rings is 1. The highest BCUT2D eigenvalue weighted by Crippen LogP contribution is 2.24. The maximum absolute atomic E-state index is 5.40. The fourth-order valence-electron chi connectivity index (χ4n) is 1.98. The molecule has 0 radical (unpaired) electrons. The Labute approximate surface area is 137 Å². The molecule has 0 saturated carbocycles. The quantitative estimate of drug-likeness (QED) is 0.415. The van der Waals surface area contributed by atoms with E-state index >= 15 is 0 Å². The van der Waals surface area contributed by atoms with E-state index in [1.54, 1.807) is 21.3 Å². The number of hydrogen-bond acceptors (Lipinski definition) is 4. The predicted molar refractivity (Wildman–Crippen MR) is 95.4 cm³/mol. The number of rotatable bonds is 9. The van der Waals surface area contributed by atoms with Gasteiger partial charge in [0.05, 0.1) is 14.2 Å². The average Bonchev–Trinajstić information content (AvgIpc) is 2.57. The van der Waals surface area contributed by atoms with Crippen LogP contribution in [0.4, 0.5) is 0 Å². The zero-order chi connectivity index (χ0) is 16.2. The summed E-state index contributed by atoms with van der Waals surface area (Å²) in [5.74, 6) is 3.61. The molecular formula is C16H27N3O2S. The molecule has 0 bridgehead atoms. The van der Waals surface area contributed by atoms with E-state index in [9.17, 15) is 0 Å². The van der Waals surface area contributed by atoms with Crippen molar-refractivity contribution >= 4 is 17.7 Å². The van der Waals surface area contributed by atoms with Gasteiger partial charge in [-0.05, 0) is 37.0 Å². The summed E-state index contributed by atoms with van der Waals surface area (Å²) in [6, 6.07) is 5.81. The summed E-state index contributed by atoms with van der Waals surface area (Å²) in [5.41, 5.74) is 1.06. The van der Waals surface area contributed by atoms with Crippen molar-refractivity contribution in [3.05, 3.63) is 23.8 Å². The molecular weight excluding hydrogens is 298 g/mol. The Morgan fingerprint density at radius 3 is 2.64 bits per heavy atom. The normalized spacial score (nSPS) is 11.2. The number of methoxy groups -OCH3 is 2. The zero-order valence-corrected chi connectivity index (χ0v) is 14.8. The van der Waals surface area contributed by atoms with Crippen LogP contribution in [-0.2, 0) is 6.54 Å². The maximum Gasteiger partial charge on any atom is 0.191 e. The van der Waals surface area contributed by atoms with Crippen LogP contribution < -0.4 is 20.1 Å². The fourth-order valence-corrected chi connectivity index (χ4v) is 2.47. The van der Waals surface area contributed by atoms with E-state index in [0.717, 1.165) is 36.0 Å². The lowest BCUT2D eigenvalue weighted by Gasteiger charge is -2.14. The summed E-state index contributed by atoms with van der Waals surface area (Å²) in [6.45, 7) is 1.58. The SMILES string of the molecule is CN=C(NCCCCSC)NCc1ccc(OC)cc1OC. The van der Waals surface area contributed by atoms with Crippen molar-refractivity contribution in [1.29, 1.82) is 0 Å². The molecule has 0 aliphatic heterocycles. The van der Waals surface area contributed by atoms with Gasteiger partial charge in [0.2, 0.25) is 0 Å². The first-order chi connectivity index (χ1) is 10.7. The van der Waals surface area contributed by atoms with Gasteiger partial charge in [0.15, 0.2) is 5.96 Å². The topological polar surface area (TPSA) is 54.9 Å². The summed E-state index contributed by atoms with van der Waals surface area (Å²) in [4.78, 5) is 4.23. The molecule has 0 unspecified atom stereocenters. The molecule has 6 heteroatoms. The molecule has 22 heavy (non-hydrogen) atoms. The molecule has 1 rings (SSSR count). The van der Waals surface area contributed by atoms with Gasteiger partial charge in [-0.1, -0.05) is 0 Å². The summed E-state index contributed by atoms with van der Waals surface area (Å²) < 4.78 is 10.6. The molecule has 0 fully saturated rings. The van der Waals surface area contributed by atoms with Crippen molar-refractivity contribution in [3.63, 3.8) is 0 Å². The Morgan fingerprint density at radius 1 is 1.18 bits per heavy atom. The highest BCUT2D eigenvalue weighted by Gasteiger charge is 2.06. The van der Waals surface area contributed by atoms with Gasteiger partial charge in [-0.3, -0.25) is 4.99 Å². The van der Waals surface area contributed by atoms with Crippen LogP contribution in [0.15, 0.2) is 23.2 Å². The van der Waals surface area contributed by atoms with Crippen LogP contribution >= 0.6 is 11.8 Å². The van der Waals surface area contributed by atoms with E-state index in [1.807, 2.05) is 30.0 Å². The molecule has 0 aliphatic carbocycles. The van der Waals surface area contributed by atoms with Gasteiger partial charge in [0, 0.05) is 31.8 Å². The molecule has 0 saturated heterocycles. The van der Waals surface area contributed by atoms with E-state index in [-0.39, 0.29) is 0 Å². The average molecular weight is 325 g/mol. The number of unbranched alkanes of at least 4 members (excludes halogenated alkanes) is 1. The second kappa shape index (κ2) is 11.1. The highest BCUT2D eigenvalue weighted by atomic mass is 32.2. The monoisotopic (exact) mass is 325 g/mol. The van der Waals surface area contributed by atoms with E-state index in [2.05, 4.69) is 21.9 Å². The highest BCUT2D eigenvalue weighted by molar-refractivity contribution is 7.98. The number of guanidine groups is 1. The minimum absolute atomic E-state index is 0.650. The molecule has 0 heterocycles. The number of aliphatic imine (C=N–C) groups is 1. The second-order valence-electron chi connectivity index (χ2n) is 4.73. The Hall–Kier alpha value is -1.56. The molecule has 0 spiro atoms. The van der Waals surface area contributed by atoms with Gasteiger partial charge in [-0.15, -0.1) is 0 Å². The van der Waals surface area contributed by atoms with Crippen molar-refractivity contribution in [2.45, 2.75) is 19.4 Å². The second-order valence-corrected chi connectivity index (χ2v) is 5.72. The van der Waals surface area contributed by atoms with Gasteiger partial charge >= 0.3 is 0 Å². The Balaban J connectivity index is 2.46. The van der Waals surface area contributed by atoms with Crippen molar-refractivity contribution in [2.24, 2.45) is 4.99 Å². The fraction of sp³-hybridized carbons (Fsp3) is 0.562. The van der Waals surface area contributed by atoms with Gasteiger partial charge < -0.3 is 20.1 Å².